The van der Waals surface area contributed by atoms with Gasteiger partial charge in [-0.25, -0.2) is 9.78 Å². The number of carbonyl (C=O) groups excluding carboxylic acids is 4. The molecule has 0 saturated heterocycles. The summed E-state index contributed by atoms with van der Waals surface area (Å²) in [6.07, 6.45) is 5.74. The third-order valence-corrected chi connectivity index (χ3v) is 4.43. The van der Waals surface area contributed by atoms with Crippen LogP contribution in [0.15, 0.2) is 18.3 Å². The molecular formula is C23H33NO8. The second-order valence-corrected chi connectivity index (χ2v) is 7.18. The molecule has 0 aliphatic rings. The van der Waals surface area contributed by atoms with Crippen LogP contribution in [0, 0.1) is 0 Å². The lowest BCUT2D eigenvalue weighted by Crippen LogP contribution is -2.11. The average molecular weight is 452 g/mol. The number of esters is 3. The van der Waals surface area contributed by atoms with E-state index in [2.05, 4.69) is 4.98 Å². The maximum atomic E-state index is 11.9. The number of pyridine rings is 1. The summed E-state index contributed by atoms with van der Waals surface area (Å²) in [5.74, 6) is -1.26. The number of ether oxygens (including phenoxy) is 4. The van der Waals surface area contributed by atoms with Gasteiger partial charge in [-0.2, -0.15) is 0 Å². The van der Waals surface area contributed by atoms with Gasteiger partial charge in [0, 0.05) is 38.3 Å². The lowest BCUT2D eigenvalue weighted by Gasteiger charge is -2.07. The maximum absolute atomic E-state index is 11.9. The molecule has 0 spiro atoms. The predicted octanol–water partition coefficient (Wildman–Crippen LogP) is 3.29. The number of hydrogen-bond donors (Lipinski definition) is 0. The van der Waals surface area contributed by atoms with Crippen molar-refractivity contribution < 1.29 is 38.1 Å². The minimum absolute atomic E-state index is 0.126. The van der Waals surface area contributed by atoms with Gasteiger partial charge in [0.1, 0.15) is 5.69 Å². The summed E-state index contributed by atoms with van der Waals surface area (Å²) in [6.45, 7) is 2.89. The van der Waals surface area contributed by atoms with Gasteiger partial charge in [-0.15, -0.1) is 0 Å². The summed E-state index contributed by atoms with van der Waals surface area (Å²) < 4.78 is 20.2. The molecular weight excluding hydrogens is 418 g/mol. The van der Waals surface area contributed by atoms with Crippen LogP contribution >= 0.6 is 0 Å². The van der Waals surface area contributed by atoms with Gasteiger partial charge in [-0.05, 0) is 57.6 Å². The Balaban J connectivity index is 1.99. The SMILES string of the molecule is COCCCCOC(=O)CCCCC(=O)OCCCCOC(=O)c1ccc(C(C)=O)cn1. The van der Waals surface area contributed by atoms with Gasteiger partial charge in [0.15, 0.2) is 5.78 Å². The number of methoxy groups -OCH3 is 1. The van der Waals surface area contributed by atoms with Crippen LogP contribution in [-0.2, 0) is 28.5 Å². The molecule has 0 fully saturated rings. The van der Waals surface area contributed by atoms with Crippen LogP contribution < -0.4 is 0 Å². The van der Waals surface area contributed by atoms with Gasteiger partial charge in [0.05, 0.1) is 19.8 Å². The summed E-state index contributed by atoms with van der Waals surface area (Å²) >= 11 is 0. The van der Waals surface area contributed by atoms with Crippen LogP contribution in [-0.4, -0.2) is 62.2 Å². The number of aromatic nitrogens is 1. The molecule has 0 amide bonds. The van der Waals surface area contributed by atoms with Crippen molar-refractivity contribution >= 4 is 23.7 Å². The zero-order valence-electron chi connectivity index (χ0n) is 18.9. The lowest BCUT2D eigenvalue weighted by atomic mass is 10.2. The highest BCUT2D eigenvalue weighted by molar-refractivity contribution is 5.94. The van der Waals surface area contributed by atoms with E-state index in [4.69, 9.17) is 18.9 Å². The monoisotopic (exact) mass is 451 g/mol. The molecule has 1 heterocycles. The zero-order chi connectivity index (χ0) is 23.6. The molecule has 0 aliphatic carbocycles. The van der Waals surface area contributed by atoms with Crippen molar-refractivity contribution in [2.45, 2.75) is 58.3 Å². The first kappa shape index (κ1) is 27.2. The van der Waals surface area contributed by atoms with Crippen molar-refractivity contribution in [3.8, 4) is 0 Å². The Morgan fingerprint density at radius 1 is 0.750 bits per heavy atom. The highest BCUT2D eigenvalue weighted by Gasteiger charge is 2.10. The van der Waals surface area contributed by atoms with E-state index < -0.39 is 5.97 Å². The van der Waals surface area contributed by atoms with Crippen LogP contribution in [0.3, 0.4) is 0 Å². The van der Waals surface area contributed by atoms with Crippen LogP contribution in [0.5, 0.6) is 0 Å². The molecule has 1 aromatic heterocycles. The van der Waals surface area contributed by atoms with E-state index in [9.17, 15) is 19.2 Å². The fourth-order valence-corrected chi connectivity index (χ4v) is 2.57. The van der Waals surface area contributed by atoms with E-state index in [0.29, 0.717) is 44.5 Å². The quantitative estimate of drug-likeness (QED) is 0.152. The number of carbonyl (C=O) groups is 4. The van der Waals surface area contributed by atoms with Crippen LogP contribution in [0.1, 0.15) is 79.1 Å². The van der Waals surface area contributed by atoms with Crippen molar-refractivity contribution in [3.05, 3.63) is 29.6 Å². The minimum Gasteiger partial charge on any atom is -0.466 e. The van der Waals surface area contributed by atoms with Gasteiger partial charge >= 0.3 is 17.9 Å². The first-order valence-corrected chi connectivity index (χ1v) is 10.9. The van der Waals surface area contributed by atoms with Crippen molar-refractivity contribution in [1.29, 1.82) is 0 Å². The topological polar surface area (TPSA) is 118 Å². The first-order valence-electron chi connectivity index (χ1n) is 10.9. The zero-order valence-corrected chi connectivity index (χ0v) is 18.9. The largest absolute Gasteiger partial charge is 0.466 e. The van der Waals surface area contributed by atoms with Gasteiger partial charge in [-0.1, -0.05) is 0 Å². The summed E-state index contributed by atoms with van der Waals surface area (Å²) in [6, 6.07) is 2.97. The normalized spacial score (nSPS) is 10.4. The number of nitrogens with zero attached hydrogens (tertiary/aromatic N) is 1. The standard InChI is InChI=1S/C23H33NO8/c1-18(25)19-11-12-20(24-17-19)23(28)32-16-8-7-15-31-22(27)10-4-3-9-21(26)30-14-6-5-13-29-2/h11-12,17H,3-10,13-16H2,1-2H3. The van der Waals surface area contributed by atoms with Gasteiger partial charge in [0.25, 0.3) is 0 Å². The number of hydrogen-bond acceptors (Lipinski definition) is 9. The van der Waals surface area contributed by atoms with Crippen molar-refractivity contribution in [1.82, 2.24) is 4.98 Å². The molecule has 1 rings (SSSR count). The number of rotatable bonds is 17. The Hall–Kier alpha value is -2.81. The molecule has 0 radical (unpaired) electrons. The molecule has 0 N–H and O–H groups in total. The Labute approximate surface area is 188 Å². The molecule has 0 aliphatic heterocycles. The smallest absolute Gasteiger partial charge is 0.356 e. The summed E-state index contributed by atoms with van der Waals surface area (Å²) in [5.41, 5.74) is 0.563. The molecule has 32 heavy (non-hydrogen) atoms. The summed E-state index contributed by atoms with van der Waals surface area (Å²) in [7, 11) is 1.63. The summed E-state index contributed by atoms with van der Waals surface area (Å²) in [5, 5.41) is 0. The van der Waals surface area contributed by atoms with Crippen LogP contribution in [0.25, 0.3) is 0 Å². The fourth-order valence-electron chi connectivity index (χ4n) is 2.57. The fraction of sp³-hybridized carbons (Fsp3) is 0.609. The maximum Gasteiger partial charge on any atom is 0.356 e. The average Bonchev–Trinajstić information content (AvgIpc) is 2.78. The van der Waals surface area contributed by atoms with Crippen LogP contribution in [0.4, 0.5) is 0 Å². The van der Waals surface area contributed by atoms with E-state index in [1.54, 1.807) is 7.11 Å². The minimum atomic E-state index is -0.564. The molecule has 0 aromatic carbocycles. The number of unbranched alkanes of at least 4 members (excludes halogenated alkanes) is 3. The van der Waals surface area contributed by atoms with Crippen LogP contribution in [0.2, 0.25) is 0 Å². The predicted molar refractivity (Wildman–Crippen MR) is 115 cm³/mol. The third kappa shape index (κ3) is 12.8. The number of Topliss-reactive ketones (excluding diaryl/α,β-unsaturated/α-hetero) is 1. The highest BCUT2D eigenvalue weighted by atomic mass is 16.5. The van der Waals surface area contributed by atoms with E-state index in [-0.39, 0.29) is 49.5 Å². The Morgan fingerprint density at radius 3 is 1.75 bits per heavy atom. The lowest BCUT2D eigenvalue weighted by molar-refractivity contribution is -0.146. The van der Waals surface area contributed by atoms with Crippen molar-refractivity contribution in [2.75, 3.05) is 33.5 Å². The van der Waals surface area contributed by atoms with Crippen molar-refractivity contribution in [2.24, 2.45) is 0 Å². The molecule has 9 heteroatoms. The van der Waals surface area contributed by atoms with E-state index in [1.807, 2.05) is 0 Å². The molecule has 0 saturated carbocycles. The molecule has 0 bridgehead atoms. The first-order chi connectivity index (χ1) is 15.4. The Kier molecular flexibility index (Phi) is 14.3. The Bertz CT molecular complexity index is 717. The van der Waals surface area contributed by atoms with Gasteiger partial charge in [-0.3, -0.25) is 14.4 Å². The number of ketones is 1. The van der Waals surface area contributed by atoms with Gasteiger partial charge in [0.2, 0.25) is 0 Å². The second kappa shape index (κ2) is 16.8. The molecule has 0 atom stereocenters. The molecule has 9 nitrogen and oxygen atoms in total. The summed E-state index contributed by atoms with van der Waals surface area (Å²) in [4.78, 5) is 50.2. The van der Waals surface area contributed by atoms with Gasteiger partial charge < -0.3 is 18.9 Å². The Morgan fingerprint density at radius 2 is 1.28 bits per heavy atom. The van der Waals surface area contributed by atoms with E-state index in [1.165, 1.54) is 25.3 Å². The highest BCUT2D eigenvalue weighted by Crippen LogP contribution is 2.06. The molecule has 0 unspecified atom stereocenters. The molecule has 1 aromatic rings. The van der Waals surface area contributed by atoms with E-state index >= 15 is 0 Å². The van der Waals surface area contributed by atoms with E-state index in [0.717, 1.165) is 12.8 Å². The third-order valence-electron chi connectivity index (χ3n) is 4.43. The molecule has 178 valence electrons. The second-order valence-electron chi connectivity index (χ2n) is 7.18. The van der Waals surface area contributed by atoms with Crippen molar-refractivity contribution in [3.63, 3.8) is 0 Å².